The van der Waals surface area contributed by atoms with Crippen LogP contribution in [0.3, 0.4) is 0 Å². The summed E-state index contributed by atoms with van der Waals surface area (Å²) in [4.78, 5) is 36.1. The summed E-state index contributed by atoms with van der Waals surface area (Å²) in [6, 6.07) is 9.19. The maximum absolute atomic E-state index is 12.2. The first-order valence-corrected chi connectivity index (χ1v) is 9.29. The van der Waals surface area contributed by atoms with Crippen molar-refractivity contribution in [2.45, 2.75) is 20.5 Å². The van der Waals surface area contributed by atoms with E-state index >= 15 is 0 Å². The molecule has 0 unspecified atom stereocenters. The highest BCUT2D eigenvalue weighted by Crippen LogP contribution is 2.28. The Morgan fingerprint density at radius 3 is 2.13 bits per heavy atom. The molecule has 0 aliphatic rings. The molecule has 0 saturated heterocycles. The first-order chi connectivity index (χ1) is 14.8. The molecule has 10 heteroatoms. The summed E-state index contributed by atoms with van der Waals surface area (Å²) in [7, 11) is 0. The van der Waals surface area contributed by atoms with Crippen molar-refractivity contribution < 1.29 is 42.1 Å². The van der Waals surface area contributed by atoms with Crippen molar-refractivity contribution in [1.29, 1.82) is 0 Å². The molecular formula is C21H21F2NO7. The molecular weight excluding hydrogens is 416 g/mol. The molecule has 0 aliphatic carbocycles. The normalized spacial score (nSPS) is 10.4. The van der Waals surface area contributed by atoms with Crippen LogP contribution in [0.5, 0.6) is 17.2 Å². The summed E-state index contributed by atoms with van der Waals surface area (Å²) in [5.41, 5.74) is 0.176. The molecule has 166 valence electrons. The fourth-order valence-corrected chi connectivity index (χ4v) is 2.42. The van der Waals surface area contributed by atoms with Crippen LogP contribution in [0.2, 0.25) is 0 Å². The fraction of sp³-hybridized carbons (Fsp3) is 0.286. The summed E-state index contributed by atoms with van der Waals surface area (Å²) in [5, 5.41) is 2.03. The number of alkyl halides is 2. The zero-order valence-electron chi connectivity index (χ0n) is 16.9. The summed E-state index contributed by atoms with van der Waals surface area (Å²) >= 11 is 0. The highest BCUT2D eigenvalue weighted by Gasteiger charge is 2.16. The van der Waals surface area contributed by atoms with Crippen LogP contribution in [0.4, 0.5) is 8.78 Å². The van der Waals surface area contributed by atoms with E-state index in [4.69, 9.17) is 14.2 Å². The predicted octanol–water partition coefficient (Wildman–Crippen LogP) is 3.20. The Kier molecular flexibility index (Phi) is 8.74. The van der Waals surface area contributed by atoms with Crippen molar-refractivity contribution in [2.24, 2.45) is 0 Å². The molecule has 31 heavy (non-hydrogen) atoms. The Hall–Kier alpha value is -3.69. The van der Waals surface area contributed by atoms with Gasteiger partial charge in [0.05, 0.1) is 18.8 Å². The standard InChI is InChI=1S/C21H21F2NO7/c1-3-28-16-10-7-14(11-17(16)29-4-2)20(27)30-12-18(25)24-19(26)13-5-8-15(9-6-13)31-21(22)23/h5-11,21H,3-4,12H2,1-2H3,(H,24,25,26). The topological polar surface area (TPSA) is 100 Å². The molecule has 2 aromatic rings. The minimum atomic E-state index is -2.99. The van der Waals surface area contributed by atoms with Crippen molar-refractivity contribution in [2.75, 3.05) is 19.8 Å². The largest absolute Gasteiger partial charge is 0.490 e. The van der Waals surface area contributed by atoms with Crippen molar-refractivity contribution in [1.82, 2.24) is 5.32 Å². The highest BCUT2D eigenvalue weighted by molar-refractivity contribution is 6.05. The van der Waals surface area contributed by atoms with Crippen molar-refractivity contribution in [3.63, 3.8) is 0 Å². The number of hydrogen-bond donors (Lipinski definition) is 1. The SMILES string of the molecule is CCOc1ccc(C(=O)OCC(=O)NC(=O)c2ccc(OC(F)F)cc2)cc1OCC. The molecule has 0 heterocycles. The number of esters is 1. The van der Waals surface area contributed by atoms with E-state index < -0.39 is 31.0 Å². The number of rotatable bonds is 10. The maximum atomic E-state index is 12.2. The van der Waals surface area contributed by atoms with Gasteiger partial charge < -0.3 is 18.9 Å². The van der Waals surface area contributed by atoms with Crippen LogP contribution >= 0.6 is 0 Å². The van der Waals surface area contributed by atoms with Gasteiger partial charge in [0.1, 0.15) is 5.75 Å². The molecule has 0 saturated carbocycles. The Bertz CT molecular complexity index is 916. The summed E-state index contributed by atoms with van der Waals surface area (Å²) in [6.45, 7) is 0.674. The summed E-state index contributed by atoms with van der Waals surface area (Å²) < 4.78 is 44.2. The van der Waals surface area contributed by atoms with Crippen molar-refractivity contribution in [3.8, 4) is 17.2 Å². The molecule has 0 aliphatic heterocycles. The van der Waals surface area contributed by atoms with Crippen LogP contribution in [-0.4, -0.2) is 44.2 Å². The van der Waals surface area contributed by atoms with Gasteiger partial charge in [0.15, 0.2) is 18.1 Å². The second kappa shape index (κ2) is 11.5. The van der Waals surface area contributed by atoms with Gasteiger partial charge in [-0.2, -0.15) is 8.78 Å². The lowest BCUT2D eigenvalue weighted by atomic mass is 10.2. The van der Waals surface area contributed by atoms with Crippen LogP contribution in [-0.2, 0) is 9.53 Å². The second-order valence-electron chi connectivity index (χ2n) is 5.88. The Labute approximate surface area is 177 Å². The quantitative estimate of drug-likeness (QED) is 0.570. The monoisotopic (exact) mass is 437 g/mol. The van der Waals surface area contributed by atoms with Gasteiger partial charge in [0.25, 0.3) is 11.8 Å². The summed E-state index contributed by atoms with van der Waals surface area (Å²) in [6.07, 6.45) is 0. The number of ether oxygens (including phenoxy) is 4. The van der Waals surface area contributed by atoms with E-state index in [-0.39, 0.29) is 16.9 Å². The molecule has 0 radical (unpaired) electrons. The van der Waals surface area contributed by atoms with Gasteiger partial charge in [-0.1, -0.05) is 0 Å². The van der Waals surface area contributed by atoms with Gasteiger partial charge in [0, 0.05) is 5.56 Å². The highest BCUT2D eigenvalue weighted by atomic mass is 19.3. The van der Waals surface area contributed by atoms with Gasteiger partial charge in [-0.15, -0.1) is 0 Å². The average Bonchev–Trinajstić information content (AvgIpc) is 2.73. The van der Waals surface area contributed by atoms with Gasteiger partial charge >= 0.3 is 12.6 Å². The molecule has 0 atom stereocenters. The molecule has 2 rings (SSSR count). The van der Waals surface area contributed by atoms with Gasteiger partial charge in [-0.3, -0.25) is 14.9 Å². The van der Waals surface area contributed by atoms with E-state index in [1.54, 1.807) is 13.0 Å². The van der Waals surface area contributed by atoms with Gasteiger partial charge in [-0.25, -0.2) is 4.79 Å². The first kappa shape index (κ1) is 23.6. The van der Waals surface area contributed by atoms with Crippen LogP contribution in [0, 0.1) is 0 Å². The van der Waals surface area contributed by atoms with Crippen LogP contribution in [0.25, 0.3) is 0 Å². The molecule has 0 bridgehead atoms. The van der Waals surface area contributed by atoms with Crippen LogP contribution < -0.4 is 19.5 Å². The third-order valence-electron chi connectivity index (χ3n) is 3.71. The van der Waals surface area contributed by atoms with E-state index in [9.17, 15) is 23.2 Å². The van der Waals surface area contributed by atoms with Gasteiger partial charge in [-0.05, 0) is 56.3 Å². The van der Waals surface area contributed by atoms with E-state index in [1.165, 1.54) is 24.3 Å². The van der Waals surface area contributed by atoms with E-state index in [0.29, 0.717) is 24.7 Å². The molecule has 8 nitrogen and oxygen atoms in total. The fourth-order valence-electron chi connectivity index (χ4n) is 2.42. The average molecular weight is 437 g/mol. The first-order valence-electron chi connectivity index (χ1n) is 9.29. The van der Waals surface area contributed by atoms with Crippen molar-refractivity contribution >= 4 is 17.8 Å². The third-order valence-corrected chi connectivity index (χ3v) is 3.71. The van der Waals surface area contributed by atoms with E-state index in [0.717, 1.165) is 12.1 Å². The van der Waals surface area contributed by atoms with Crippen LogP contribution in [0.1, 0.15) is 34.6 Å². The molecule has 2 amide bonds. The van der Waals surface area contributed by atoms with Crippen molar-refractivity contribution in [3.05, 3.63) is 53.6 Å². The smallest absolute Gasteiger partial charge is 0.387 e. The minimum Gasteiger partial charge on any atom is -0.490 e. The molecule has 2 aromatic carbocycles. The van der Waals surface area contributed by atoms with E-state index in [2.05, 4.69) is 4.74 Å². The lowest BCUT2D eigenvalue weighted by molar-refractivity contribution is -0.123. The zero-order chi connectivity index (χ0) is 22.8. The van der Waals surface area contributed by atoms with Gasteiger partial charge in [0.2, 0.25) is 0 Å². The Morgan fingerprint density at radius 2 is 1.52 bits per heavy atom. The number of carbonyl (C=O) groups excluding carboxylic acids is 3. The summed E-state index contributed by atoms with van der Waals surface area (Å²) in [5.74, 6) is -1.74. The predicted molar refractivity (Wildman–Crippen MR) is 105 cm³/mol. The Balaban J connectivity index is 1.91. The third kappa shape index (κ3) is 7.25. The molecule has 0 spiro atoms. The number of carbonyl (C=O) groups is 3. The maximum Gasteiger partial charge on any atom is 0.387 e. The second-order valence-corrected chi connectivity index (χ2v) is 5.88. The number of nitrogens with one attached hydrogen (secondary N) is 1. The Morgan fingerprint density at radius 1 is 0.903 bits per heavy atom. The van der Waals surface area contributed by atoms with E-state index in [1.807, 2.05) is 12.2 Å². The molecule has 0 fully saturated rings. The lowest BCUT2D eigenvalue weighted by Gasteiger charge is -2.12. The number of hydrogen-bond acceptors (Lipinski definition) is 7. The number of amides is 2. The lowest BCUT2D eigenvalue weighted by Crippen LogP contribution is -2.34. The minimum absolute atomic E-state index is 0.0363. The number of benzene rings is 2. The number of imide groups is 1. The molecule has 1 N–H and O–H groups in total. The number of halogens is 2. The van der Waals surface area contributed by atoms with Crippen LogP contribution in [0.15, 0.2) is 42.5 Å². The molecule has 0 aromatic heterocycles. The zero-order valence-corrected chi connectivity index (χ0v) is 16.9.